The average Bonchev–Trinajstić information content (AvgIpc) is 2.69. The summed E-state index contributed by atoms with van der Waals surface area (Å²) in [7, 11) is 0. The van der Waals surface area contributed by atoms with Gasteiger partial charge in [-0.25, -0.2) is 4.98 Å². The maximum absolute atomic E-state index is 11.5. The predicted molar refractivity (Wildman–Crippen MR) is 77.2 cm³/mol. The Morgan fingerprint density at radius 3 is 2.67 bits per heavy atom. The van der Waals surface area contributed by atoms with Gasteiger partial charge in [0.25, 0.3) is 0 Å². The molecule has 0 aliphatic rings. The Balaban J connectivity index is 0. The first-order valence-corrected chi connectivity index (χ1v) is 5.61. The Labute approximate surface area is 120 Å². The summed E-state index contributed by atoms with van der Waals surface area (Å²) in [6.07, 6.45) is 4.88. The van der Waals surface area contributed by atoms with Crippen LogP contribution in [0.15, 0.2) is 12.4 Å². The van der Waals surface area contributed by atoms with Crippen LogP contribution in [0.5, 0.6) is 0 Å². The second-order valence-electron chi connectivity index (χ2n) is 4.31. The predicted octanol–water partition coefficient (Wildman–Crippen LogP) is 1.29. The number of hydrogen-bond acceptors (Lipinski definition) is 3. The molecule has 0 aliphatic carbocycles. The first-order valence-electron chi connectivity index (χ1n) is 5.61. The molecule has 0 aromatic carbocycles. The molecule has 1 aromatic rings. The van der Waals surface area contributed by atoms with E-state index in [2.05, 4.69) is 29.1 Å². The lowest BCUT2D eigenvalue weighted by Gasteiger charge is -2.13. The van der Waals surface area contributed by atoms with E-state index in [1.54, 1.807) is 12.4 Å². The highest BCUT2D eigenvalue weighted by Crippen LogP contribution is 2.02. The highest BCUT2D eigenvalue weighted by Gasteiger charge is 2.14. The number of carbonyl (C=O) groups is 1. The first kappa shape index (κ1) is 19.6. The van der Waals surface area contributed by atoms with Crippen molar-refractivity contribution in [2.24, 2.45) is 11.7 Å². The number of imidazole rings is 1. The molecule has 4 N–H and O–H groups in total. The zero-order valence-corrected chi connectivity index (χ0v) is 12.3. The molecule has 1 aromatic heterocycles. The molecule has 106 valence electrons. The van der Waals surface area contributed by atoms with Crippen LogP contribution < -0.4 is 11.1 Å². The smallest absolute Gasteiger partial charge is 0.236 e. The van der Waals surface area contributed by atoms with Crippen LogP contribution in [-0.2, 0) is 11.2 Å². The van der Waals surface area contributed by atoms with Crippen LogP contribution in [0.4, 0.5) is 0 Å². The summed E-state index contributed by atoms with van der Waals surface area (Å²) in [5, 5.41) is 2.80. The van der Waals surface area contributed by atoms with Gasteiger partial charge >= 0.3 is 0 Å². The van der Waals surface area contributed by atoms with E-state index in [-0.39, 0.29) is 30.7 Å². The van der Waals surface area contributed by atoms with Gasteiger partial charge in [-0.05, 0) is 12.3 Å². The lowest BCUT2D eigenvalue weighted by molar-refractivity contribution is -0.122. The van der Waals surface area contributed by atoms with Crippen LogP contribution in [0, 0.1) is 5.92 Å². The molecule has 1 heterocycles. The number of H-pyrrole nitrogens is 1. The molecular formula is C11H22Cl2N4O. The fourth-order valence-electron chi connectivity index (χ4n) is 1.48. The van der Waals surface area contributed by atoms with Crippen molar-refractivity contribution < 1.29 is 4.79 Å². The lowest BCUT2D eigenvalue weighted by Crippen LogP contribution is -2.42. The van der Waals surface area contributed by atoms with Gasteiger partial charge in [-0.3, -0.25) is 4.79 Å². The van der Waals surface area contributed by atoms with E-state index in [4.69, 9.17) is 5.73 Å². The van der Waals surface area contributed by atoms with Crippen LogP contribution in [-0.4, -0.2) is 28.5 Å². The van der Waals surface area contributed by atoms with Crippen molar-refractivity contribution in [3.05, 3.63) is 18.2 Å². The number of nitrogens with two attached hydrogens (primary N) is 1. The maximum atomic E-state index is 11.5. The number of rotatable bonds is 6. The molecule has 0 spiro atoms. The molecule has 18 heavy (non-hydrogen) atoms. The summed E-state index contributed by atoms with van der Waals surface area (Å²) in [6.45, 7) is 4.67. The molecule has 0 fully saturated rings. The summed E-state index contributed by atoms with van der Waals surface area (Å²) in [5.41, 5.74) is 5.74. The van der Waals surface area contributed by atoms with Crippen LogP contribution >= 0.6 is 24.8 Å². The summed E-state index contributed by atoms with van der Waals surface area (Å²) in [4.78, 5) is 18.6. The van der Waals surface area contributed by atoms with Crippen molar-refractivity contribution in [3.8, 4) is 0 Å². The minimum atomic E-state index is -0.406. The fourth-order valence-corrected chi connectivity index (χ4v) is 1.48. The number of aromatic amines is 1. The first-order chi connectivity index (χ1) is 7.59. The molecular weight excluding hydrogens is 275 g/mol. The third-order valence-electron chi connectivity index (χ3n) is 2.28. The topological polar surface area (TPSA) is 83.8 Å². The van der Waals surface area contributed by atoms with E-state index in [9.17, 15) is 4.79 Å². The molecule has 7 heteroatoms. The molecule has 1 rings (SSSR count). The van der Waals surface area contributed by atoms with Gasteiger partial charge in [-0.2, -0.15) is 0 Å². The van der Waals surface area contributed by atoms with Crippen LogP contribution in [0.25, 0.3) is 0 Å². The van der Waals surface area contributed by atoms with Crippen molar-refractivity contribution in [1.29, 1.82) is 0 Å². The van der Waals surface area contributed by atoms with Crippen molar-refractivity contribution in [3.63, 3.8) is 0 Å². The summed E-state index contributed by atoms with van der Waals surface area (Å²) in [6, 6.07) is -0.406. The normalized spacial score (nSPS) is 11.3. The zero-order valence-electron chi connectivity index (χ0n) is 10.7. The van der Waals surface area contributed by atoms with Crippen LogP contribution in [0.3, 0.4) is 0 Å². The van der Waals surface area contributed by atoms with Crippen molar-refractivity contribution in [2.75, 3.05) is 6.54 Å². The molecule has 0 aliphatic heterocycles. The number of hydrogen-bond donors (Lipinski definition) is 3. The molecule has 0 bridgehead atoms. The molecule has 0 saturated carbocycles. The summed E-state index contributed by atoms with van der Waals surface area (Å²) in [5.74, 6) is 1.23. The molecule has 0 unspecified atom stereocenters. The quantitative estimate of drug-likeness (QED) is 0.739. The van der Waals surface area contributed by atoms with Gasteiger partial charge in [-0.15, -0.1) is 24.8 Å². The van der Waals surface area contributed by atoms with Crippen molar-refractivity contribution in [2.45, 2.75) is 32.7 Å². The highest BCUT2D eigenvalue weighted by molar-refractivity contribution is 5.85. The second kappa shape index (κ2) is 10.2. The lowest BCUT2D eigenvalue weighted by atomic mass is 10.0. The van der Waals surface area contributed by atoms with E-state index in [0.29, 0.717) is 25.3 Å². The standard InChI is InChI=1S/C11H20N4O.2ClH/c1-8(2)7-9(12)11(16)15-4-3-10-13-5-6-14-10;;/h5-6,8-9H,3-4,7,12H2,1-2H3,(H,13,14)(H,15,16);2*1H/t9-;;/m0../s1. The third-order valence-corrected chi connectivity index (χ3v) is 2.28. The number of aromatic nitrogens is 2. The third kappa shape index (κ3) is 7.53. The van der Waals surface area contributed by atoms with E-state index in [1.807, 2.05) is 0 Å². The van der Waals surface area contributed by atoms with Gasteiger partial charge < -0.3 is 16.0 Å². The minimum absolute atomic E-state index is 0. The average molecular weight is 297 g/mol. The number of carbonyl (C=O) groups excluding carboxylic acids is 1. The van der Waals surface area contributed by atoms with Crippen LogP contribution in [0.1, 0.15) is 26.1 Å². The fraction of sp³-hybridized carbons (Fsp3) is 0.636. The monoisotopic (exact) mass is 296 g/mol. The van der Waals surface area contributed by atoms with E-state index in [1.165, 1.54) is 0 Å². The number of nitrogens with zero attached hydrogens (tertiary/aromatic N) is 1. The Morgan fingerprint density at radius 1 is 1.50 bits per heavy atom. The van der Waals surface area contributed by atoms with Crippen molar-refractivity contribution in [1.82, 2.24) is 15.3 Å². The zero-order chi connectivity index (χ0) is 12.0. The minimum Gasteiger partial charge on any atom is -0.354 e. The second-order valence-corrected chi connectivity index (χ2v) is 4.31. The number of amides is 1. The van der Waals surface area contributed by atoms with Crippen LogP contribution in [0.2, 0.25) is 0 Å². The Kier molecular flexibility index (Phi) is 11.1. The Hall–Kier alpha value is -0.780. The maximum Gasteiger partial charge on any atom is 0.236 e. The van der Waals surface area contributed by atoms with Gasteiger partial charge in [0, 0.05) is 25.4 Å². The Bertz CT molecular complexity index is 317. The van der Waals surface area contributed by atoms with E-state index in [0.717, 1.165) is 5.82 Å². The summed E-state index contributed by atoms with van der Waals surface area (Å²) >= 11 is 0. The van der Waals surface area contributed by atoms with Gasteiger partial charge in [0.15, 0.2) is 0 Å². The van der Waals surface area contributed by atoms with Crippen molar-refractivity contribution >= 4 is 30.7 Å². The van der Waals surface area contributed by atoms with Gasteiger partial charge in [-0.1, -0.05) is 13.8 Å². The highest BCUT2D eigenvalue weighted by atomic mass is 35.5. The molecule has 5 nitrogen and oxygen atoms in total. The number of halogens is 2. The van der Waals surface area contributed by atoms with Gasteiger partial charge in [0.05, 0.1) is 6.04 Å². The molecule has 1 atom stereocenters. The van der Waals surface area contributed by atoms with Gasteiger partial charge in [0.2, 0.25) is 5.91 Å². The molecule has 0 saturated heterocycles. The Morgan fingerprint density at radius 2 is 2.17 bits per heavy atom. The van der Waals surface area contributed by atoms with Gasteiger partial charge in [0.1, 0.15) is 5.82 Å². The summed E-state index contributed by atoms with van der Waals surface area (Å²) < 4.78 is 0. The molecule has 1 amide bonds. The van der Waals surface area contributed by atoms with E-state index < -0.39 is 6.04 Å². The number of nitrogens with one attached hydrogen (secondary N) is 2. The van der Waals surface area contributed by atoms with E-state index >= 15 is 0 Å². The largest absolute Gasteiger partial charge is 0.354 e. The molecule has 0 radical (unpaired) electrons. The SMILES string of the molecule is CC(C)C[C@H](N)C(=O)NCCc1ncc[nH]1.Cl.Cl.